The zero-order valence-electron chi connectivity index (χ0n) is 41.1. The largest absolute Gasteiger partial charge is 0.375 e. The average Bonchev–Trinajstić information content (AvgIpc) is 3.95. The molecule has 69 heavy (non-hydrogen) atoms. The lowest BCUT2D eigenvalue weighted by molar-refractivity contribution is -0.144. The molecule has 376 valence electrons. The van der Waals surface area contributed by atoms with E-state index < -0.39 is 41.0 Å². The molecule has 4 aliphatic heterocycles. The van der Waals surface area contributed by atoms with Gasteiger partial charge in [0.2, 0.25) is 29.5 Å². The number of rotatable bonds is 17. The molecular weight excluding hydrogens is 933 g/mol. The lowest BCUT2D eigenvalue weighted by atomic mass is 9.83. The molecule has 4 fully saturated rings. The second-order valence-corrected chi connectivity index (χ2v) is 23.9. The summed E-state index contributed by atoms with van der Waals surface area (Å²) >= 11 is 9.06. The highest BCUT2D eigenvalue weighted by Gasteiger charge is 2.57. The summed E-state index contributed by atoms with van der Waals surface area (Å²) < 4.78 is 13.2. The first kappa shape index (κ1) is 51.6. The summed E-state index contributed by atoms with van der Waals surface area (Å²) in [6, 6.07) is 12.8. The highest BCUT2D eigenvalue weighted by molar-refractivity contribution is 8.00. The number of amides is 5. The van der Waals surface area contributed by atoms with Crippen molar-refractivity contribution in [1.29, 1.82) is 0 Å². The lowest BCUT2D eigenvalue weighted by Gasteiger charge is -2.35. The summed E-state index contributed by atoms with van der Waals surface area (Å²) in [4.78, 5) is 74.4. The van der Waals surface area contributed by atoms with Crippen molar-refractivity contribution in [3.63, 3.8) is 0 Å². The summed E-state index contributed by atoms with van der Waals surface area (Å²) in [6.07, 6.45) is 4.70. The molecule has 0 bridgehead atoms. The second-order valence-electron chi connectivity index (χ2n) is 20.9. The van der Waals surface area contributed by atoms with E-state index in [4.69, 9.17) is 21.7 Å². The molecular formula is C51H72N8O7S3. The van der Waals surface area contributed by atoms with Gasteiger partial charge in [-0.1, -0.05) is 88.4 Å². The molecule has 0 radical (unpaired) electrons. The SMILES string of the molecule is CNCC(=O)N[C@H]1CCS[C@H]2CC(C)(C)[C@@H](C(=O)N[C@H]3c4ccccc4C[C@H]3OCCCCO[C@@H]3Cc4ccccc4[C@@H]3NC(=O)[C@H]3N4C(=O)[C@@H](NC(=S)[C@H](C)NC)CCS[C@H]4CC3(C)C)N2C1=O. The van der Waals surface area contributed by atoms with Gasteiger partial charge in [-0.2, -0.15) is 0 Å². The minimum atomic E-state index is -0.714. The fourth-order valence-electron chi connectivity index (χ4n) is 11.4. The molecule has 2 aliphatic carbocycles. The predicted octanol–water partition coefficient (Wildman–Crippen LogP) is 4.14. The minimum absolute atomic E-state index is 0.0836. The monoisotopic (exact) mass is 1000 g/mol. The number of thioether (sulfide) groups is 2. The summed E-state index contributed by atoms with van der Waals surface area (Å²) in [5.41, 5.74) is 3.37. The molecule has 0 aromatic heterocycles. The number of carbonyl (C=O) groups excluding carboxylic acids is 5. The molecule has 0 saturated carbocycles. The Kier molecular flexibility index (Phi) is 16.4. The van der Waals surface area contributed by atoms with E-state index in [2.05, 4.69) is 63.9 Å². The van der Waals surface area contributed by atoms with Crippen LogP contribution in [-0.2, 0) is 46.3 Å². The van der Waals surface area contributed by atoms with Gasteiger partial charge in [0.15, 0.2) is 0 Å². The molecule has 5 amide bonds. The van der Waals surface area contributed by atoms with Gasteiger partial charge in [0, 0.05) is 26.1 Å². The van der Waals surface area contributed by atoms with Gasteiger partial charge in [-0.25, -0.2) is 0 Å². The van der Waals surface area contributed by atoms with Crippen molar-refractivity contribution in [3.8, 4) is 0 Å². The van der Waals surface area contributed by atoms with Gasteiger partial charge >= 0.3 is 0 Å². The van der Waals surface area contributed by atoms with Gasteiger partial charge in [-0.15, -0.1) is 23.5 Å². The Balaban J connectivity index is 0.881. The van der Waals surface area contributed by atoms with Crippen LogP contribution in [0, 0.1) is 10.8 Å². The fourth-order valence-corrected chi connectivity index (χ4v) is 14.9. The number of hydrogen-bond donors (Lipinski definition) is 6. The standard InChI is InChI=1S/C51H72N8O7S3/c1-29(53-7)47(67)55-35-19-23-69-40-27-51(4,5)44(59(40)49(35)64)46(62)57-42-33-17-11-9-15-31(33)25-37(42)66-21-13-12-20-65-36-24-30-14-8-10-16-32(30)41(36)56-45(61)43-50(2,3)26-39-58(43)48(63)34(18-22-68-39)54-38(60)28-52-6/h8-11,14-17,29,34-37,39-44,52-53H,12-13,18-28H2,1-7H3,(H,54,60)(H,55,67)(H,56,61)(H,57,62)/t29-,34-,35-,36+,37+,39-,40-,41-,42-,43+,44+/m0/s1. The van der Waals surface area contributed by atoms with Crippen molar-refractivity contribution >= 4 is 70.3 Å². The zero-order chi connectivity index (χ0) is 49.2. The number of nitrogens with zero attached hydrogens (tertiary/aromatic N) is 2. The third-order valence-corrected chi connectivity index (χ3v) is 18.0. The minimum Gasteiger partial charge on any atom is -0.375 e. The molecule has 11 atom stereocenters. The molecule has 18 heteroatoms. The van der Waals surface area contributed by atoms with Crippen LogP contribution in [0.3, 0.4) is 0 Å². The Bertz CT molecular complexity index is 2250. The molecule has 8 rings (SSSR count). The quantitative estimate of drug-likeness (QED) is 0.0985. The van der Waals surface area contributed by atoms with Crippen LogP contribution in [0.5, 0.6) is 0 Å². The van der Waals surface area contributed by atoms with Crippen molar-refractivity contribution in [2.24, 2.45) is 10.8 Å². The number of likely N-dealkylation sites (N-methyl/N-ethyl adjacent to an activating group) is 2. The summed E-state index contributed by atoms with van der Waals surface area (Å²) in [5.74, 6) is 0.572. The van der Waals surface area contributed by atoms with E-state index in [9.17, 15) is 24.0 Å². The molecule has 15 nitrogen and oxygen atoms in total. The number of thiocarbonyl (C=S) groups is 1. The van der Waals surface area contributed by atoms with E-state index in [0.717, 1.165) is 40.8 Å². The third kappa shape index (κ3) is 11.0. The van der Waals surface area contributed by atoms with Gasteiger partial charge < -0.3 is 51.2 Å². The van der Waals surface area contributed by atoms with Crippen LogP contribution in [0.25, 0.3) is 0 Å². The van der Waals surface area contributed by atoms with Crippen molar-refractivity contribution in [2.45, 2.75) is 151 Å². The number of carbonyl (C=O) groups is 5. The maximum atomic E-state index is 14.6. The number of hydrogen-bond acceptors (Lipinski definition) is 12. The van der Waals surface area contributed by atoms with Crippen molar-refractivity contribution in [2.75, 3.05) is 45.4 Å². The van der Waals surface area contributed by atoms with Crippen LogP contribution < -0.4 is 31.9 Å². The normalized spacial score (nSPS) is 30.3. The van der Waals surface area contributed by atoms with Crippen LogP contribution >= 0.6 is 35.7 Å². The summed E-state index contributed by atoms with van der Waals surface area (Å²) in [5, 5.41) is 18.7. The zero-order valence-corrected chi connectivity index (χ0v) is 43.6. The van der Waals surface area contributed by atoms with E-state index >= 15 is 0 Å². The topological polar surface area (TPSA) is 182 Å². The number of nitrogens with one attached hydrogen (secondary N) is 6. The maximum Gasteiger partial charge on any atom is 0.246 e. The van der Waals surface area contributed by atoms with Gasteiger partial charge in [-0.3, -0.25) is 24.0 Å². The van der Waals surface area contributed by atoms with E-state index in [1.165, 1.54) is 0 Å². The second kappa shape index (κ2) is 21.9. The van der Waals surface area contributed by atoms with Crippen molar-refractivity contribution < 1.29 is 33.4 Å². The number of fused-ring (bicyclic) bond motifs is 4. The number of benzene rings is 2. The molecule has 0 spiro atoms. The van der Waals surface area contributed by atoms with E-state index in [0.29, 0.717) is 62.5 Å². The average molecular weight is 1010 g/mol. The van der Waals surface area contributed by atoms with Crippen molar-refractivity contribution in [1.82, 2.24) is 41.7 Å². The number of unbranched alkanes of at least 4 members (excludes halogenated alkanes) is 1. The van der Waals surface area contributed by atoms with Gasteiger partial charge in [0.05, 0.1) is 52.6 Å². The van der Waals surface area contributed by atoms with Gasteiger partial charge in [-0.05, 0) is 104 Å². The summed E-state index contributed by atoms with van der Waals surface area (Å²) in [7, 11) is 3.53. The molecule has 6 N–H and O–H groups in total. The number of ether oxygens (including phenoxy) is 2. The van der Waals surface area contributed by atoms with Crippen LogP contribution in [0.15, 0.2) is 48.5 Å². The van der Waals surface area contributed by atoms with Crippen LogP contribution in [0.4, 0.5) is 0 Å². The molecule has 0 unspecified atom stereocenters. The van der Waals surface area contributed by atoms with E-state index in [1.807, 2.05) is 63.1 Å². The molecule has 2 aromatic rings. The summed E-state index contributed by atoms with van der Waals surface area (Å²) in [6.45, 7) is 11.3. The molecule has 4 saturated heterocycles. The highest BCUT2D eigenvalue weighted by Crippen LogP contribution is 2.48. The van der Waals surface area contributed by atoms with Crippen LogP contribution in [-0.4, -0.2) is 143 Å². The third-order valence-electron chi connectivity index (χ3n) is 15.1. The Morgan fingerprint density at radius 2 is 1.16 bits per heavy atom. The smallest absolute Gasteiger partial charge is 0.246 e. The molecule has 2 aromatic carbocycles. The van der Waals surface area contributed by atoms with E-state index in [1.54, 1.807) is 35.5 Å². The Morgan fingerprint density at radius 3 is 1.61 bits per heavy atom. The lowest BCUT2D eigenvalue weighted by Crippen LogP contribution is -2.58. The predicted molar refractivity (Wildman–Crippen MR) is 274 cm³/mol. The highest BCUT2D eigenvalue weighted by atomic mass is 32.2. The van der Waals surface area contributed by atoms with Crippen LogP contribution in [0.2, 0.25) is 0 Å². The Labute approximate surface area is 421 Å². The maximum absolute atomic E-state index is 14.6. The first-order valence-corrected chi connectivity index (χ1v) is 27.3. The first-order chi connectivity index (χ1) is 33.0. The Morgan fingerprint density at radius 1 is 0.710 bits per heavy atom. The van der Waals surface area contributed by atoms with Crippen molar-refractivity contribution in [3.05, 3.63) is 70.8 Å². The first-order valence-electron chi connectivity index (χ1n) is 24.8. The molecule has 4 heterocycles. The van der Waals surface area contributed by atoms with E-state index in [-0.39, 0.29) is 71.1 Å². The molecule has 6 aliphatic rings. The van der Waals surface area contributed by atoms with Gasteiger partial charge in [0.1, 0.15) is 24.2 Å². The van der Waals surface area contributed by atoms with Crippen LogP contribution in [0.1, 0.15) is 107 Å². The fraction of sp³-hybridized carbons (Fsp3) is 0.647. The van der Waals surface area contributed by atoms with Gasteiger partial charge in [0.25, 0.3) is 0 Å². The Hall–Kier alpha value is -3.78.